The number of ether oxygens (including phenoxy) is 1. The van der Waals surface area contributed by atoms with E-state index in [9.17, 15) is 9.90 Å². The van der Waals surface area contributed by atoms with Crippen molar-refractivity contribution in [1.82, 2.24) is 0 Å². The van der Waals surface area contributed by atoms with Crippen LogP contribution in [-0.2, 0) is 4.74 Å². The normalized spacial score (nSPS) is 20.6. The first-order valence-corrected chi connectivity index (χ1v) is 6.88. The second-order valence-corrected chi connectivity index (χ2v) is 5.18. The molecule has 1 N–H and O–H groups in total. The molecular weight excluding hydrogens is 264 g/mol. The predicted octanol–water partition coefficient (Wildman–Crippen LogP) is 3.58. The Bertz CT molecular complexity index is 689. The topological polar surface area (TPSA) is 49.8 Å². The smallest absolute Gasteiger partial charge is 0.189 e. The second-order valence-electron chi connectivity index (χ2n) is 5.18. The van der Waals surface area contributed by atoms with Gasteiger partial charge in [-0.25, -0.2) is 0 Å². The molecule has 106 valence electrons. The SMILES string of the molecule is Cc1ccc(C(=O)/C=C/C2OC2c2ccccc2)c(O)c1. The van der Waals surface area contributed by atoms with Crippen LogP contribution in [0.2, 0.25) is 0 Å². The molecule has 2 aromatic carbocycles. The third-order valence-electron chi connectivity index (χ3n) is 3.51. The molecule has 0 aromatic heterocycles. The van der Waals surface area contributed by atoms with Gasteiger partial charge in [0.05, 0.1) is 5.56 Å². The van der Waals surface area contributed by atoms with Crippen LogP contribution in [0.25, 0.3) is 0 Å². The van der Waals surface area contributed by atoms with E-state index in [0.717, 1.165) is 11.1 Å². The molecule has 2 unspecified atom stereocenters. The maximum absolute atomic E-state index is 12.0. The van der Waals surface area contributed by atoms with Gasteiger partial charge in [-0.3, -0.25) is 4.79 Å². The summed E-state index contributed by atoms with van der Waals surface area (Å²) in [6.45, 7) is 1.87. The van der Waals surface area contributed by atoms with E-state index in [1.165, 1.54) is 6.08 Å². The van der Waals surface area contributed by atoms with Gasteiger partial charge in [-0.05, 0) is 42.3 Å². The lowest BCUT2D eigenvalue weighted by molar-refractivity contribution is 0.104. The third kappa shape index (κ3) is 3.03. The quantitative estimate of drug-likeness (QED) is 0.529. The lowest BCUT2D eigenvalue weighted by Crippen LogP contribution is -1.96. The van der Waals surface area contributed by atoms with Crippen molar-refractivity contribution in [3.63, 3.8) is 0 Å². The van der Waals surface area contributed by atoms with Crippen molar-refractivity contribution in [3.05, 3.63) is 77.4 Å². The van der Waals surface area contributed by atoms with Crippen LogP contribution in [-0.4, -0.2) is 17.0 Å². The van der Waals surface area contributed by atoms with Gasteiger partial charge in [0.15, 0.2) is 5.78 Å². The Morgan fingerprint density at radius 2 is 1.95 bits per heavy atom. The number of epoxide rings is 1. The number of carbonyl (C=O) groups is 1. The first-order valence-electron chi connectivity index (χ1n) is 6.88. The zero-order valence-electron chi connectivity index (χ0n) is 11.7. The van der Waals surface area contributed by atoms with Gasteiger partial charge < -0.3 is 9.84 Å². The third-order valence-corrected chi connectivity index (χ3v) is 3.51. The number of allylic oxidation sites excluding steroid dienone is 1. The highest BCUT2D eigenvalue weighted by Crippen LogP contribution is 2.39. The predicted molar refractivity (Wildman–Crippen MR) is 80.4 cm³/mol. The highest BCUT2D eigenvalue weighted by Gasteiger charge is 2.37. The summed E-state index contributed by atoms with van der Waals surface area (Å²) in [6, 6.07) is 14.9. The maximum atomic E-state index is 12.0. The van der Waals surface area contributed by atoms with Crippen molar-refractivity contribution in [3.8, 4) is 5.75 Å². The Balaban J connectivity index is 1.66. The maximum Gasteiger partial charge on any atom is 0.189 e. The molecule has 3 rings (SSSR count). The monoisotopic (exact) mass is 280 g/mol. The Hall–Kier alpha value is -2.39. The fourth-order valence-electron chi connectivity index (χ4n) is 2.30. The van der Waals surface area contributed by atoms with E-state index in [2.05, 4.69) is 0 Å². The molecule has 1 aliphatic heterocycles. The van der Waals surface area contributed by atoms with E-state index in [-0.39, 0.29) is 23.7 Å². The van der Waals surface area contributed by atoms with Gasteiger partial charge in [0.2, 0.25) is 0 Å². The molecule has 1 saturated heterocycles. The standard InChI is InChI=1S/C18H16O3/c1-12-7-8-14(16(20)11-12)15(19)9-10-17-18(21-17)13-5-3-2-4-6-13/h2-11,17-18,20H,1H3/b10-9+. The van der Waals surface area contributed by atoms with Crippen molar-refractivity contribution >= 4 is 5.78 Å². The molecule has 3 nitrogen and oxygen atoms in total. The Kier molecular flexibility index (Phi) is 3.59. The number of phenolic OH excluding ortho intramolecular Hbond substituents is 1. The van der Waals surface area contributed by atoms with E-state index >= 15 is 0 Å². The van der Waals surface area contributed by atoms with Crippen LogP contribution < -0.4 is 0 Å². The summed E-state index contributed by atoms with van der Waals surface area (Å²) in [6.07, 6.45) is 3.18. The number of hydrogen-bond donors (Lipinski definition) is 1. The molecule has 1 heterocycles. The van der Waals surface area contributed by atoms with Gasteiger partial charge >= 0.3 is 0 Å². The molecule has 0 amide bonds. The first kappa shape index (κ1) is 13.6. The van der Waals surface area contributed by atoms with Crippen LogP contribution >= 0.6 is 0 Å². The zero-order valence-corrected chi connectivity index (χ0v) is 11.7. The van der Waals surface area contributed by atoms with Gasteiger partial charge in [-0.1, -0.05) is 36.4 Å². The first-order chi connectivity index (χ1) is 10.1. The van der Waals surface area contributed by atoms with Crippen molar-refractivity contribution in [2.24, 2.45) is 0 Å². The van der Waals surface area contributed by atoms with Gasteiger partial charge in [0.1, 0.15) is 18.0 Å². The molecule has 0 spiro atoms. The number of aromatic hydroxyl groups is 1. The van der Waals surface area contributed by atoms with Gasteiger partial charge in [0.25, 0.3) is 0 Å². The van der Waals surface area contributed by atoms with Gasteiger partial charge in [-0.15, -0.1) is 0 Å². The largest absolute Gasteiger partial charge is 0.507 e. The molecule has 0 bridgehead atoms. The fraction of sp³-hybridized carbons (Fsp3) is 0.167. The molecule has 1 fully saturated rings. The highest BCUT2D eigenvalue weighted by molar-refractivity contribution is 6.06. The minimum Gasteiger partial charge on any atom is -0.507 e. The summed E-state index contributed by atoms with van der Waals surface area (Å²) in [5, 5.41) is 9.79. The molecule has 3 heteroatoms. The summed E-state index contributed by atoms with van der Waals surface area (Å²) in [7, 11) is 0. The van der Waals surface area contributed by atoms with E-state index in [0.29, 0.717) is 5.56 Å². The molecule has 0 radical (unpaired) electrons. The van der Waals surface area contributed by atoms with E-state index in [4.69, 9.17) is 4.74 Å². The molecule has 21 heavy (non-hydrogen) atoms. The second kappa shape index (κ2) is 5.54. The number of rotatable bonds is 4. The van der Waals surface area contributed by atoms with Crippen LogP contribution in [0.15, 0.2) is 60.7 Å². The molecular formula is C18H16O3. The fourth-order valence-corrected chi connectivity index (χ4v) is 2.30. The minimum atomic E-state index is -0.213. The lowest BCUT2D eigenvalue weighted by Gasteiger charge is -2.01. The van der Waals surface area contributed by atoms with Crippen molar-refractivity contribution < 1.29 is 14.6 Å². The number of carbonyl (C=O) groups excluding carboxylic acids is 1. The van der Waals surface area contributed by atoms with Crippen LogP contribution in [0.5, 0.6) is 5.75 Å². The van der Waals surface area contributed by atoms with Crippen molar-refractivity contribution in [1.29, 1.82) is 0 Å². The number of phenols is 1. The summed E-state index contributed by atoms with van der Waals surface area (Å²) in [5.74, 6) is -0.198. The number of benzene rings is 2. The molecule has 2 aromatic rings. The summed E-state index contributed by atoms with van der Waals surface area (Å²) in [5.41, 5.74) is 2.34. The Morgan fingerprint density at radius 3 is 2.67 bits per heavy atom. The van der Waals surface area contributed by atoms with Crippen molar-refractivity contribution in [2.75, 3.05) is 0 Å². The average molecular weight is 280 g/mol. The molecule has 1 aliphatic rings. The van der Waals surface area contributed by atoms with Crippen molar-refractivity contribution in [2.45, 2.75) is 19.1 Å². The van der Waals surface area contributed by atoms with Crippen LogP contribution in [0.4, 0.5) is 0 Å². The molecule has 2 atom stereocenters. The molecule has 0 aliphatic carbocycles. The lowest BCUT2D eigenvalue weighted by atomic mass is 10.1. The zero-order chi connectivity index (χ0) is 14.8. The molecule has 0 saturated carbocycles. The van der Waals surface area contributed by atoms with Gasteiger partial charge in [-0.2, -0.15) is 0 Å². The van der Waals surface area contributed by atoms with Crippen LogP contribution in [0, 0.1) is 6.92 Å². The van der Waals surface area contributed by atoms with E-state index in [1.54, 1.807) is 24.3 Å². The Morgan fingerprint density at radius 1 is 1.19 bits per heavy atom. The summed E-state index contributed by atoms with van der Waals surface area (Å²) < 4.78 is 5.54. The summed E-state index contributed by atoms with van der Waals surface area (Å²) >= 11 is 0. The number of aryl methyl sites for hydroxylation is 1. The highest BCUT2D eigenvalue weighted by atomic mass is 16.6. The van der Waals surface area contributed by atoms with Crippen LogP contribution in [0.1, 0.15) is 27.6 Å². The summed E-state index contributed by atoms with van der Waals surface area (Å²) in [4.78, 5) is 12.0. The number of ketones is 1. The average Bonchev–Trinajstić information content (AvgIpc) is 3.25. The van der Waals surface area contributed by atoms with E-state index < -0.39 is 0 Å². The minimum absolute atomic E-state index is 0.0148. The van der Waals surface area contributed by atoms with E-state index in [1.807, 2.05) is 37.3 Å². The number of hydrogen-bond acceptors (Lipinski definition) is 3. The Labute approximate surface area is 123 Å². The van der Waals surface area contributed by atoms with Crippen LogP contribution in [0.3, 0.4) is 0 Å². The van der Waals surface area contributed by atoms with Gasteiger partial charge in [0, 0.05) is 0 Å².